The van der Waals surface area contributed by atoms with Gasteiger partial charge in [0.25, 0.3) is 0 Å². The van der Waals surface area contributed by atoms with Crippen molar-refractivity contribution in [2.45, 2.75) is 18.8 Å². The van der Waals surface area contributed by atoms with Crippen LogP contribution >= 0.6 is 0 Å². The van der Waals surface area contributed by atoms with Crippen molar-refractivity contribution in [3.05, 3.63) is 79.0 Å². The Labute approximate surface area is 204 Å². The van der Waals surface area contributed by atoms with Crippen LogP contribution in [0.2, 0.25) is 0 Å². The number of nitrogens with zero attached hydrogens (tertiary/aromatic N) is 3. The zero-order valence-electron chi connectivity index (χ0n) is 19.6. The number of hydrogen-bond acceptors (Lipinski definition) is 6. The summed E-state index contributed by atoms with van der Waals surface area (Å²) in [6.45, 7) is 5.68. The first kappa shape index (κ1) is 23.9. The van der Waals surface area contributed by atoms with Crippen molar-refractivity contribution in [2.75, 3.05) is 41.4 Å². The summed E-state index contributed by atoms with van der Waals surface area (Å²) in [6, 6.07) is 16.3. The van der Waals surface area contributed by atoms with Crippen LogP contribution in [0, 0.1) is 0 Å². The van der Waals surface area contributed by atoms with Gasteiger partial charge in [0.1, 0.15) is 5.82 Å². The van der Waals surface area contributed by atoms with Crippen molar-refractivity contribution < 1.29 is 9.59 Å². The van der Waals surface area contributed by atoms with Crippen LogP contribution in [0.5, 0.6) is 0 Å². The number of carbonyl (C=O) groups is 2. The van der Waals surface area contributed by atoms with Crippen LogP contribution in [0.15, 0.2) is 73.4 Å². The maximum Gasteiger partial charge on any atom is 0.324 e. The number of rotatable bonds is 7. The van der Waals surface area contributed by atoms with Gasteiger partial charge >= 0.3 is 6.03 Å². The normalized spacial score (nSPS) is 14.1. The van der Waals surface area contributed by atoms with E-state index >= 15 is 0 Å². The summed E-state index contributed by atoms with van der Waals surface area (Å²) in [6.07, 6.45) is 5.10. The fourth-order valence-corrected chi connectivity index (χ4v) is 3.94. The second-order valence-electron chi connectivity index (χ2n) is 8.44. The number of likely N-dealkylation sites (tertiary alicyclic amines) is 1. The molecule has 35 heavy (non-hydrogen) atoms. The number of piperidine rings is 1. The van der Waals surface area contributed by atoms with E-state index < -0.39 is 6.03 Å². The Bertz CT molecular complexity index is 1190. The predicted molar refractivity (Wildman–Crippen MR) is 139 cm³/mol. The number of carbonyl (C=O) groups excluding carboxylic acids is 2. The molecule has 1 aromatic heterocycles. The number of urea groups is 1. The van der Waals surface area contributed by atoms with Crippen LogP contribution in [-0.2, 0) is 4.79 Å². The average Bonchev–Trinajstić information content (AvgIpc) is 2.85. The van der Waals surface area contributed by atoms with Crippen LogP contribution in [0.3, 0.4) is 0 Å². The van der Waals surface area contributed by atoms with E-state index in [4.69, 9.17) is 0 Å². The van der Waals surface area contributed by atoms with E-state index in [2.05, 4.69) is 61.9 Å². The molecule has 0 spiro atoms. The van der Waals surface area contributed by atoms with E-state index in [0.717, 1.165) is 18.8 Å². The molecule has 0 unspecified atom stereocenters. The van der Waals surface area contributed by atoms with Crippen molar-refractivity contribution in [3.63, 3.8) is 0 Å². The Morgan fingerprint density at radius 3 is 2.40 bits per heavy atom. The highest BCUT2D eigenvalue weighted by Gasteiger charge is 2.18. The highest BCUT2D eigenvalue weighted by molar-refractivity contribution is 6.01. The van der Waals surface area contributed by atoms with Crippen molar-refractivity contribution in [3.8, 4) is 0 Å². The van der Waals surface area contributed by atoms with Crippen LogP contribution < -0.4 is 21.3 Å². The standard InChI is InChI=1S/C26H29N7O2/c1-3-24(34)28-21-5-4-6-22(17-21)30-26(35)32-23-11-14-27-25(31-23)29-20-9-7-18(8-10-20)19-12-15-33(2)16-13-19/h3-11,14,17,19H,1,12-13,15-16H2,2H3,(H,28,34)(H3,27,29,30,31,32,35). The van der Waals surface area contributed by atoms with E-state index in [1.807, 2.05) is 12.1 Å². The molecule has 1 fully saturated rings. The van der Waals surface area contributed by atoms with Crippen LogP contribution in [0.4, 0.5) is 33.6 Å². The third-order valence-corrected chi connectivity index (χ3v) is 5.83. The van der Waals surface area contributed by atoms with Gasteiger partial charge in [-0.05, 0) is 86.9 Å². The Balaban J connectivity index is 1.33. The number of benzene rings is 2. The number of hydrogen-bond donors (Lipinski definition) is 4. The van der Waals surface area contributed by atoms with Crippen LogP contribution in [0.1, 0.15) is 24.3 Å². The summed E-state index contributed by atoms with van der Waals surface area (Å²) in [4.78, 5) is 34.9. The van der Waals surface area contributed by atoms with Gasteiger partial charge in [0, 0.05) is 23.3 Å². The quantitative estimate of drug-likeness (QED) is 0.369. The molecule has 4 rings (SSSR count). The molecule has 0 saturated carbocycles. The maximum atomic E-state index is 12.4. The molecule has 3 amide bonds. The van der Waals surface area contributed by atoms with E-state index in [1.165, 1.54) is 24.5 Å². The van der Waals surface area contributed by atoms with E-state index in [9.17, 15) is 9.59 Å². The molecule has 2 aromatic carbocycles. The SMILES string of the molecule is C=CC(=O)Nc1cccc(NC(=O)Nc2ccnc(Nc3ccc(C4CCN(C)CC4)cc3)n2)c1. The first-order chi connectivity index (χ1) is 17.0. The van der Waals surface area contributed by atoms with Crippen LogP contribution in [0.25, 0.3) is 0 Å². The van der Waals surface area contributed by atoms with E-state index in [1.54, 1.807) is 36.5 Å². The van der Waals surface area contributed by atoms with E-state index in [-0.39, 0.29) is 5.91 Å². The number of aromatic nitrogens is 2. The first-order valence-corrected chi connectivity index (χ1v) is 11.5. The van der Waals surface area contributed by atoms with Gasteiger partial charge in [-0.15, -0.1) is 0 Å². The van der Waals surface area contributed by atoms with Gasteiger partial charge in [0.05, 0.1) is 0 Å². The molecular formula is C26H29N7O2. The van der Waals surface area contributed by atoms with Gasteiger partial charge in [0.15, 0.2) is 0 Å². The lowest BCUT2D eigenvalue weighted by atomic mass is 9.89. The third-order valence-electron chi connectivity index (χ3n) is 5.83. The first-order valence-electron chi connectivity index (χ1n) is 11.5. The summed E-state index contributed by atoms with van der Waals surface area (Å²) >= 11 is 0. The minimum Gasteiger partial charge on any atom is -0.324 e. The Kier molecular flexibility index (Phi) is 7.69. The molecule has 1 aliphatic heterocycles. The van der Waals surface area contributed by atoms with E-state index in [0.29, 0.717) is 29.1 Å². The summed E-state index contributed by atoms with van der Waals surface area (Å²) in [5.41, 5.74) is 3.29. The lowest BCUT2D eigenvalue weighted by Gasteiger charge is -2.29. The minimum atomic E-state index is -0.468. The molecule has 4 N–H and O–H groups in total. The monoisotopic (exact) mass is 471 g/mol. The fourth-order valence-electron chi connectivity index (χ4n) is 3.94. The third kappa shape index (κ3) is 6.87. The number of nitrogens with one attached hydrogen (secondary N) is 4. The second kappa shape index (κ2) is 11.3. The molecule has 0 aliphatic carbocycles. The van der Waals surface area contributed by atoms with Gasteiger partial charge in [-0.25, -0.2) is 9.78 Å². The van der Waals surface area contributed by atoms with Gasteiger partial charge in [-0.2, -0.15) is 4.98 Å². The molecule has 1 aliphatic rings. The zero-order valence-corrected chi connectivity index (χ0v) is 19.6. The largest absolute Gasteiger partial charge is 0.324 e. The predicted octanol–water partition coefficient (Wildman–Crippen LogP) is 4.80. The van der Waals surface area contributed by atoms with Crippen molar-refractivity contribution in [1.29, 1.82) is 0 Å². The summed E-state index contributed by atoms with van der Waals surface area (Å²) in [7, 11) is 2.17. The molecule has 2 heterocycles. The van der Waals surface area contributed by atoms with Crippen LogP contribution in [-0.4, -0.2) is 46.9 Å². The smallest absolute Gasteiger partial charge is 0.324 e. The fraction of sp³-hybridized carbons (Fsp3) is 0.231. The summed E-state index contributed by atoms with van der Waals surface area (Å²) in [5.74, 6) is 0.994. The molecule has 1 saturated heterocycles. The molecule has 3 aromatic rings. The van der Waals surface area contributed by atoms with Crippen molar-refractivity contribution in [1.82, 2.24) is 14.9 Å². The van der Waals surface area contributed by atoms with Gasteiger partial charge in [-0.3, -0.25) is 10.1 Å². The lowest BCUT2D eigenvalue weighted by Crippen LogP contribution is -2.29. The summed E-state index contributed by atoms with van der Waals surface area (Å²) in [5, 5.41) is 11.3. The highest BCUT2D eigenvalue weighted by atomic mass is 16.2. The minimum absolute atomic E-state index is 0.330. The molecular weight excluding hydrogens is 442 g/mol. The number of anilines is 5. The molecule has 0 atom stereocenters. The molecule has 0 bridgehead atoms. The highest BCUT2D eigenvalue weighted by Crippen LogP contribution is 2.28. The Morgan fingerprint density at radius 2 is 1.69 bits per heavy atom. The molecule has 180 valence electrons. The Hall–Kier alpha value is -4.24. The lowest BCUT2D eigenvalue weighted by molar-refractivity contribution is -0.111. The zero-order chi connectivity index (χ0) is 24.6. The van der Waals surface area contributed by atoms with Crippen molar-refractivity contribution in [2.24, 2.45) is 0 Å². The number of amides is 3. The molecule has 0 radical (unpaired) electrons. The molecule has 9 nitrogen and oxygen atoms in total. The van der Waals surface area contributed by atoms with Crippen molar-refractivity contribution >= 4 is 40.8 Å². The second-order valence-corrected chi connectivity index (χ2v) is 8.44. The molecule has 9 heteroatoms. The topological polar surface area (TPSA) is 111 Å². The maximum absolute atomic E-state index is 12.4. The average molecular weight is 472 g/mol. The van der Waals surface area contributed by atoms with Gasteiger partial charge in [0.2, 0.25) is 11.9 Å². The Morgan fingerprint density at radius 1 is 0.971 bits per heavy atom. The van der Waals surface area contributed by atoms with Gasteiger partial charge < -0.3 is 20.9 Å². The van der Waals surface area contributed by atoms with Gasteiger partial charge in [-0.1, -0.05) is 24.8 Å². The summed E-state index contributed by atoms with van der Waals surface area (Å²) < 4.78 is 0.